The number of ether oxygens (including phenoxy) is 2. The third-order valence-electron chi connectivity index (χ3n) is 6.54. The fourth-order valence-electron chi connectivity index (χ4n) is 4.39. The van der Waals surface area contributed by atoms with E-state index in [9.17, 15) is 18.0 Å². The van der Waals surface area contributed by atoms with Crippen LogP contribution in [0.1, 0.15) is 39.2 Å². The summed E-state index contributed by atoms with van der Waals surface area (Å²) in [7, 11) is -2.66. The van der Waals surface area contributed by atoms with Gasteiger partial charge in [0.1, 0.15) is 24.1 Å². The number of rotatable bonds is 15. The zero-order chi connectivity index (χ0) is 30.7. The lowest BCUT2D eigenvalue weighted by atomic mass is 10.1. The number of methoxy groups -OCH3 is 1. The fraction of sp³-hybridized carbons (Fsp3) is 0.355. The first-order valence-corrected chi connectivity index (χ1v) is 15.7. The van der Waals surface area contributed by atoms with Gasteiger partial charge in [0, 0.05) is 18.1 Å². The number of carbonyl (C=O) groups is 2. The van der Waals surface area contributed by atoms with Crippen molar-refractivity contribution in [1.29, 1.82) is 0 Å². The molecule has 0 heterocycles. The van der Waals surface area contributed by atoms with Crippen LogP contribution in [0.4, 0.5) is 5.69 Å². The molecule has 3 rings (SSSR count). The molecule has 9 nitrogen and oxygen atoms in total. The summed E-state index contributed by atoms with van der Waals surface area (Å²) < 4.78 is 39.8. The number of carbonyl (C=O) groups excluding carboxylic acids is 2. The van der Waals surface area contributed by atoms with Crippen molar-refractivity contribution >= 4 is 39.1 Å². The van der Waals surface area contributed by atoms with Gasteiger partial charge in [0.2, 0.25) is 11.8 Å². The predicted octanol–water partition coefficient (Wildman–Crippen LogP) is 5.28. The normalized spacial score (nSPS) is 11.8. The Labute approximate surface area is 253 Å². The maximum Gasteiger partial charge on any atom is 0.264 e. The van der Waals surface area contributed by atoms with Crippen LogP contribution in [-0.4, -0.2) is 58.0 Å². The van der Waals surface area contributed by atoms with Crippen LogP contribution in [0.5, 0.6) is 11.5 Å². The minimum atomic E-state index is -4.21. The molecule has 3 aromatic carbocycles. The number of hydrogen-bond acceptors (Lipinski definition) is 6. The summed E-state index contributed by atoms with van der Waals surface area (Å²) in [6.45, 7) is 6.05. The lowest BCUT2D eigenvalue weighted by molar-refractivity contribution is -0.140. The van der Waals surface area contributed by atoms with E-state index in [1.807, 2.05) is 26.8 Å². The van der Waals surface area contributed by atoms with Crippen LogP contribution in [-0.2, 0) is 26.2 Å². The number of benzene rings is 3. The summed E-state index contributed by atoms with van der Waals surface area (Å²) in [5.74, 6) is 0.325. The van der Waals surface area contributed by atoms with Gasteiger partial charge in [-0.1, -0.05) is 37.6 Å². The molecule has 0 saturated heterocycles. The van der Waals surface area contributed by atoms with E-state index in [-0.39, 0.29) is 23.0 Å². The quantitative estimate of drug-likeness (QED) is 0.250. The molecule has 0 aliphatic heterocycles. The minimum absolute atomic E-state index is 0.0272. The molecule has 0 spiro atoms. The molecule has 1 N–H and O–H groups in total. The average Bonchev–Trinajstić information content (AvgIpc) is 2.99. The Morgan fingerprint density at radius 3 is 2.24 bits per heavy atom. The van der Waals surface area contributed by atoms with Crippen molar-refractivity contribution in [3.63, 3.8) is 0 Å². The van der Waals surface area contributed by atoms with Gasteiger partial charge in [-0.2, -0.15) is 0 Å². The van der Waals surface area contributed by atoms with Gasteiger partial charge < -0.3 is 19.7 Å². The van der Waals surface area contributed by atoms with E-state index in [0.717, 1.165) is 16.3 Å². The zero-order valence-corrected chi connectivity index (χ0v) is 26.0. The first-order chi connectivity index (χ1) is 20.1. The van der Waals surface area contributed by atoms with Crippen LogP contribution in [0.2, 0.25) is 5.02 Å². The van der Waals surface area contributed by atoms with Crippen molar-refractivity contribution in [3.8, 4) is 11.5 Å². The van der Waals surface area contributed by atoms with Crippen LogP contribution >= 0.6 is 11.6 Å². The van der Waals surface area contributed by atoms with Crippen molar-refractivity contribution < 1.29 is 27.5 Å². The number of sulfonamides is 1. The van der Waals surface area contributed by atoms with Gasteiger partial charge in [0.15, 0.2) is 0 Å². The Morgan fingerprint density at radius 1 is 0.952 bits per heavy atom. The highest BCUT2D eigenvalue weighted by Crippen LogP contribution is 2.28. The van der Waals surface area contributed by atoms with Crippen molar-refractivity contribution in [2.24, 2.45) is 0 Å². The third kappa shape index (κ3) is 8.39. The Kier molecular flexibility index (Phi) is 12.1. The highest BCUT2D eigenvalue weighted by Gasteiger charge is 2.33. The largest absolute Gasteiger partial charge is 0.497 e. The maximum atomic E-state index is 14.1. The number of halogens is 1. The smallest absolute Gasteiger partial charge is 0.264 e. The highest BCUT2D eigenvalue weighted by molar-refractivity contribution is 7.92. The van der Waals surface area contributed by atoms with Gasteiger partial charge in [-0.25, -0.2) is 8.42 Å². The van der Waals surface area contributed by atoms with E-state index in [2.05, 4.69) is 5.32 Å². The van der Waals surface area contributed by atoms with Crippen molar-refractivity contribution in [2.45, 2.75) is 51.1 Å². The number of nitrogens with zero attached hydrogens (tertiary/aromatic N) is 2. The van der Waals surface area contributed by atoms with Crippen molar-refractivity contribution in [3.05, 3.63) is 83.4 Å². The third-order valence-corrected chi connectivity index (χ3v) is 8.58. The summed E-state index contributed by atoms with van der Waals surface area (Å²) in [6.07, 6.45) is 1.06. The molecule has 1 atom stereocenters. The SMILES string of the molecule is CCCNC(=O)[C@@H](CC)N(Cc1cccc(OC)c1)C(=O)CN(c1ccc(OCC)cc1)S(=O)(=O)c1ccc(Cl)cc1. The monoisotopic (exact) mass is 615 g/mol. The van der Waals surface area contributed by atoms with E-state index >= 15 is 0 Å². The molecule has 0 fully saturated rings. The number of amides is 2. The summed E-state index contributed by atoms with van der Waals surface area (Å²) in [4.78, 5) is 28.7. The lowest BCUT2D eigenvalue weighted by Crippen LogP contribution is -2.52. The van der Waals surface area contributed by atoms with Gasteiger partial charge in [-0.15, -0.1) is 0 Å². The molecule has 0 unspecified atom stereocenters. The van der Waals surface area contributed by atoms with Crippen LogP contribution in [0.15, 0.2) is 77.7 Å². The molecule has 0 aromatic heterocycles. The molecule has 0 aliphatic carbocycles. The van der Waals surface area contributed by atoms with E-state index in [4.69, 9.17) is 21.1 Å². The summed E-state index contributed by atoms with van der Waals surface area (Å²) in [5, 5.41) is 3.26. The number of anilines is 1. The van der Waals surface area contributed by atoms with Crippen molar-refractivity contribution in [1.82, 2.24) is 10.2 Å². The lowest BCUT2D eigenvalue weighted by Gasteiger charge is -2.33. The van der Waals surface area contributed by atoms with Gasteiger partial charge in [0.25, 0.3) is 10.0 Å². The second-order valence-electron chi connectivity index (χ2n) is 9.48. The Hall–Kier alpha value is -3.76. The second kappa shape index (κ2) is 15.5. The minimum Gasteiger partial charge on any atom is -0.497 e. The first kappa shape index (κ1) is 32.8. The second-order valence-corrected chi connectivity index (χ2v) is 11.8. The average molecular weight is 616 g/mol. The van der Waals surface area contributed by atoms with E-state index in [1.54, 1.807) is 49.6 Å². The van der Waals surface area contributed by atoms with E-state index in [1.165, 1.54) is 29.2 Å². The molecule has 11 heteroatoms. The zero-order valence-electron chi connectivity index (χ0n) is 24.4. The van der Waals surface area contributed by atoms with Crippen LogP contribution in [0, 0.1) is 0 Å². The summed E-state index contributed by atoms with van der Waals surface area (Å²) in [6, 6.07) is 18.6. The Bertz CT molecular complexity index is 1430. The van der Waals surface area contributed by atoms with Gasteiger partial charge >= 0.3 is 0 Å². The van der Waals surface area contributed by atoms with Gasteiger partial charge in [-0.05, 0) is 86.0 Å². The van der Waals surface area contributed by atoms with E-state index < -0.39 is 28.5 Å². The molecule has 2 amide bonds. The Balaban J connectivity index is 2.06. The predicted molar refractivity (Wildman–Crippen MR) is 165 cm³/mol. The molecule has 0 radical (unpaired) electrons. The van der Waals surface area contributed by atoms with Crippen LogP contribution < -0.4 is 19.1 Å². The topological polar surface area (TPSA) is 105 Å². The molecular weight excluding hydrogens is 578 g/mol. The molecule has 0 aliphatic rings. The van der Waals surface area contributed by atoms with Gasteiger partial charge in [-0.3, -0.25) is 13.9 Å². The highest BCUT2D eigenvalue weighted by atomic mass is 35.5. The van der Waals surface area contributed by atoms with Crippen LogP contribution in [0.25, 0.3) is 0 Å². The maximum absolute atomic E-state index is 14.1. The molecule has 0 saturated carbocycles. The number of hydrogen-bond donors (Lipinski definition) is 1. The summed E-state index contributed by atoms with van der Waals surface area (Å²) >= 11 is 6.02. The fourth-order valence-corrected chi connectivity index (χ4v) is 5.93. The number of nitrogens with one attached hydrogen (secondary N) is 1. The van der Waals surface area contributed by atoms with E-state index in [0.29, 0.717) is 36.1 Å². The molecule has 42 heavy (non-hydrogen) atoms. The molecule has 0 bridgehead atoms. The summed E-state index contributed by atoms with van der Waals surface area (Å²) in [5.41, 5.74) is 1.00. The molecule has 226 valence electrons. The molecule has 3 aromatic rings. The molecular formula is C31H38ClN3O6S. The van der Waals surface area contributed by atoms with Crippen LogP contribution in [0.3, 0.4) is 0 Å². The first-order valence-electron chi connectivity index (χ1n) is 13.9. The standard InChI is InChI=1S/C31H38ClN3O6S/c1-5-19-33-31(37)29(6-2)34(21-23-9-8-10-27(20-23)40-4)30(36)22-35(25-13-15-26(16-14-25)41-7-3)42(38,39)28-17-11-24(32)12-18-28/h8-18,20,29H,5-7,19,21-22H2,1-4H3,(H,33,37)/t29-/m1/s1. The Morgan fingerprint density at radius 2 is 1.64 bits per heavy atom. The van der Waals surface area contributed by atoms with Gasteiger partial charge in [0.05, 0.1) is 24.3 Å². The van der Waals surface area contributed by atoms with Crippen molar-refractivity contribution in [2.75, 3.05) is 31.1 Å².